The fourth-order valence-electron chi connectivity index (χ4n) is 1.70. The highest BCUT2D eigenvalue weighted by atomic mass is 35.5. The fourth-order valence-corrected chi connectivity index (χ4v) is 1.70. The van der Waals surface area contributed by atoms with Gasteiger partial charge in [0, 0.05) is 37.6 Å². The number of hydrogen-bond donors (Lipinski definition) is 2. The van der Waals surface area contributed by atoms with Crippen LogP contribution in [0.25, 0.3) is 0 Å². The zero-order chi connectivity index (χ0) is 10.8. The van der Waals surface area contributed by atoms with Gasteiger partial charge in [0.15, 0.2) is 0 Å². The van der Waals surface area contributed by atoms with Crippen LogP contribution in [-0.4, -0.2) is 42.0 Å². The van der Waals surface area contributed by atoms with Crippen molar-refractivity contribution < 1.29 is 4.79 Å². The monoisotopic (exact) mass is 235 g/mol. The molecule has 0 aromatic rings. The number of rotatable bonds is 2. The van der Waals surface area contributed by atoms with E-state index in [4.69, 9.17) is 5.73 Å². The lowest BCUT2D eigenvalue weighted by Crippen LogP contribution is -2.54. The third-order valence-corrected chi connectivity index (χ3v) is 2.43. The van der Waals surface area contributed by atoms with E-state index in [-0.39, 0.29) is 18.3 Å². The Morgan fingerprint density at radius 2 is 2.20 bits per heavy atom. The van der Waals surface area contributed by atoms with Crippen molar-refractivity contribution in [2.75, 3.05) is 19.6 Å². The predicted octanol–water partition coefficient (Wildman–Crippen LogP) is 0.356. The molecule has 3 N–H and O–H groups in total. The highest BCUT2D eigenvalue weighted by Gasteiger charge is 2.26. The van der Waals surface area contributed by atoms with Crippen LogP contribution in [0.5, 0.6) is 0 Å². The van der Waals surface area contributed by atoms with Crippen LogP contribution in [-0.2, 0) is 4.79 Å². The summed E-state index contributed by atoms with van der Waals surface area (Å²) in [5, 5.41) is 3.26. The van der Waals surface area contributed by atoms with Crippen molar-refractivity contribution in [3.63, 3.8) is 0 Å². The lowest BCUT2D eigenvalue weighted by atomic mass is 10.0. The lowest BCUT2D eigenvalue weighted by Gasteiger charge is -2.35. The molecule has 0 saturated carbocycles. The number of carbonyl (C=O) groups excluding carboxylic acids is 1. The van der Waals surface area contributed by atoms with Gasteiger partial charge in [0.2, 0.25) is 5.91 Å². The van der Waals surface area contributed by atoms with Crippen LogP contribution in [0.2, 0.25) is 0 Å². The minimum Gasteiger partial charge on any atom is -0.337 e. The summed E-state index contributed by atoms with van der Waals surface area (Å²) in [4.78, 5) is 13.8. The van der Waals surface area contributed by atoms with E-state index >= 15 is 0 Å². The number of halogens is 1. The molecular formula is C10H22ClN3O. The summed E-state index contributed by atoms with van der Waals surface area (Å²) in [7, 11) is 0. The average Bonchev–Trinajstić information content (AvgIpc) is 2.01. The Bertz CT molecular complexity index is 215. The first-order valence-corrected chi connectivity index (χ1v) is 5.19. The number of carbonyl (C=O) groups is 1. The van der Waals surface area contributed by atoms with Gasteiger partial charge in [-0.15, -0.1) is 12.4 Å². The molecule has 1 amide bonds. The first-order valence-electron chi connectivity index (χ1n) is 5.19. The molecular weight excluding hydrogens is 214 g/mol. The van der Waals surface area contributed by atoms with Gasteiger partial charge < -0.3 is 16.0 Å². The second kappa shape index (κ2) is 5.68. The number of amides is 1. The molecule has 1 rings (SSSR count). The van der Waals surface area contributed by atoms with E-state index in [1.54, 1.807) is 0 Å². The van der Waals surface area contributed by atoms with Crippen LogP contribution in [0, 0.1) is 0 Å². The van der Waals surface area contributed by atoms with Gasteiger partial charge in [0.1, 0.15) is 0 Å². The third kappa shape index (κ3) is 4.82. The molecule has 0 aromatic carbocycles. The van der Waals surface area contributed by atoms with Crippen LogP contribution in [0.3, 0.4) is 0 Å². The number of nitrogens with two attached hydrogens (primary N) is 1. The molecule has 0 aliphatic carbocycles. The molecule has 1 aliphatic heterocycles. The van der Waals surface area contributed by atoms with Crippen LogP contribution in [0.4, 0.5) is 0 Å². The molecule has 5 heteroatoms. The van der Waals surface area contributed by atoms with E-state index in [2.05, 4.69) is 12.2 Å². The molecule has 0 spiro atoms. The van der Waals surface area contributed by atoms with Gasteiger partial charge in [0.25, 0.3) is 0 Å². The molecule has 0 radical (unpaired) electrons. The van der Waals surface area contributed by atoms with Crippen LogP contribution in [0.1, 0.15) is 27.2 Å². The molecule has 4 nitrogen and oxygen atoms in total. The van der Waals surface area contributed by atoms with Crippen molar-refractivity contribution in [1.29, 1.82) is 0 Å². The zero-order valence-corrected chi connectivity index (χ0v) is 10.6. The van der Waals surface area contributed by atoms with Gasteiger partial charge in [-0.2, -0.15) is 0 Å². The normalized spacial score (nSPS) is 22.1. The van der Waals surface area contributed by atoms with Crippen molar-refractivity contribution >= 4 is 18.3 Å². The molecule has 0 bridgehead atoms. The topological polar surface area (TPSA) is 58.4 Å². The van der Waals surface area contributed by atoms with E-state index in [1.165, 1.54) is 0 Å². The van der Waals surface area contributed by atoms with Crippen molar-refractivity contribution in [3.05, 3.63) is 0 Å². The maximum Gasteiger partial charge on any atom is 0.224 e. The summed E-state index contributed by atoms with van der Waals surface area (Å²) < 4.78 is 0. The number of hydrogen-bond acceptors (Lipinski definition) is 3. The molecule has 1 saturated heterocycles. The number of nitrogens with one attached hydrogen (secondary N) is 1. The molecule has 1 atom stereocenters. The summed E-state index contributed by atoms with van der Waals surface area (Å²) >= 11 is 0. The fraction of sp³-hybridized carbons (Fsp3) is 0.900. The number of nitrogens with zero attached hydrogens (tertiary/aromatic N) is 1. The van der Waals surface area contributed by atoms with Gasteiger partial charge in [-0.05, 0) is 20.8 Å². The quantitative estimate of drug-likeness (QED) is 0.727. The van der Waals surface area contributed by atoms with E-state index in [0.717, 1.165) is 19.6 Å². The summed E-state index contributed by atoms with van der Waals surface area (Å²) in [5.74, 6) is 0.173. The van der Waals surface area contributed by atoms with Crippen LogP contribution >= 0.6 is 12.4 Å². The summed E-state index contributed by atoms with van der Waals surface area (Å²) in [6, 6.07) is 0.290. The Morgan fingerprint density at radius 1 is 1.60 bits per heavy atom. The Labute approximate surface area is 98.0 Å². The van der Waals surface area contributed by atoms with Gasteiger partial charge in [-0.3, -0.25) is 4.79 Å². The minimum absolute atomic E-state index is 0. The van der Waals surface area contributed by atoms with Gasteiger partial charge in [-0.1, -0.05) is 0 Å². The maximum atomic E-state index is 11.8. The molecule has 1 aliphatic rings. The molecule has 90 valence electrons. The molecule has 0 aromatic heterocycles. The van der Waals surface area contributed by atoms with E-state index in [0.29, 0.717) is 12.5 Å². The van der Waals surface area contributed by atoms with E-state index < -0.39 is 5.54 Å². The second-order valence-corrected chi connectivity index (χ2v) is 4.81. The summed E-state index contributed by atoms with van der Waals surface area (Å²) in [6.07, 6.45) is 0.428. The molecule has 15 heavy (non-hydrogen) atoms. The maximum absolute atomic E-state index is 11.8. The standard InChI is InChI=1S/C10H21N3O.ClH/c1-8-7-12-4-5-13(8)9(14)6-10(2,3)11;/h8,12H,4-7,11H2,1-3H3;1H/t8-;/m1./s1. The predicted molar refractivity (Wildman–Crippen MR) is 64.2 cm³/mol. The Hall–Kier alpha value is -0.320. The summed E-state index contributed by atoms with van der Waals surface area (Å²) in [6.45, 7) is 8.41. The first kappa shape index (κ1) is 14.7. The zero-order valence-electron chi connectivity index (χ0n) is 9.75. The van der Waals surface area contributed by atoms with Crippen molar-refractivity contribution in [3.8, 4) is 0 Å². The van der Waals surface area contributed by atoms with Gasteiger partial charge in [0.05, 0.1) is 0 Å². The van der Waals surface area contributed by atoms with Crippen molar-refractivity contribution in [1.82, 2.24) is 10.2 Å². The Balaban J connectivity index is 0.00000196. The van der Waals surface area contributed by atoms with Crippen molar-refractivity contribution in [2.45, 2.75) is 38.8 Å². The Morgan fingerprint density at radius 3 is 2.67 bits per heavy atom. The van der Waals surface area contributed by atoms with Gasteiger partial charge in [-0.25, -0.2) is 0 Å². The average molecular weight is 236 g/mol. The molecule has 1 heterocycles. The summed E-state index contributed by atoms with van der Waals surface area (Å²) in [5.41, 5.74) is 5.42. The van der Waals surface area contributed by atoms with Crippen molar-refractivity contribution in [2.24, 2.45) is 5.73 Å². The highest BCUT2D eigenvalue weighted by Crippen LogP contribution is 2.10. The molecule has 0 unspecified atom stereocenters. The van der Waals surface area contributed by atoms with Crippen LogP contribution < -0.4 is 11.1 Å². The minimum atomic E-state index is -0.401. The largest absolute Gasteiger partial charge is 0.337 e. The smallest absolute Gasteiger partial charge is 0.224 e. The molecule has 1 fully saturated rings. The highest BCUT2D eigenvalue weighted by molar-refractivity contribution is 5.85. The number of piperazine rings is 1. The van der Waals surface area contributed by atoms with Crippen LogP contribution in [0.15, 0.2) is 0 Å². The van der Waals surface area contributed by atoms with E-state index in [9.17, 15) is 4.79 Å². The third-order valence-electron chi connectivity index (χ3n) is 2.43. The lowest BCUT2D eigenvalue weighted by molar-refractivity contribution is -0.134. The van der Waals surface area contributed by atoms with E-state index in [1.807, 2.05) is 18.7 Å². The first-order chi connectivity index (χ1) is 6.40. The van der Waals surface area contributed by atoms with Gasteiger partial charge >= 0.3 is 0 Å². The SMILES string of the molecule is C[C@@H]1CNCCN1C(=O)CC(C)(C)N.Cl. The second-order valence-electron chi connectivity index (χ2n) is 4.81. The Kier molecular flexibility index (Phi) is 5.56.